The summed E-state index contributed by atoms with van der Waals surface area (Å²) < 4.78 is 0. The van der Waals surface area contributed by atoms with Crippen LogP contribution in [0.2, 0.25) is 0 Å². The summed E-state index contributed by atoms with van der Waals surface area (Å²) in [5.41, 5.74) is 1.28. The Kier molecular flexibility index (Phi) is 3.77. The zero-order chi connectivity index (χ0) is 18.3. The fourth-order valence-corrected chi connectivity index (χ4v) is 3.52. The van der Waals surface area contributed by atoms with Crippen LogP contribution < -0.4 is 5.32 Å². The molecule has 0 aliphatic carbocycles. The number of benzene rings is 1. The maximum absolute atomic E-state index is 12.5. The smallest absolute Gasteiger partial charge is 0.293 e. The first kappa shape index (κ1) is 16.0. The largest absolute Gasteiger partial charge is 0.345 e. The lowest BCUT2D eigenvalue weighted by atomic mass is 10.2. The molecule has 8 nitrogen and oxygen atoms in total. The van der Waals surface area contributed by atoms with Gasteiger partial charge in [-0.25, -0.2) is 0 Å². The SMILES string of the molecule is Cc1ccc(-c2cc(NC(=O)c3cc4cccc([N+](=O)[O-])c4[nH]3)n[nH]2)s1. The highest BCUT2D eigenvalue weighted by atomic mass is 32.1. The van der Waals surface area contributed by atoms with Gasteiger partial charge in [0, 0.05) is 22.4 Å². The van der Waals surface area contributed by atoms with Crippen LogP contribution in [-0.4, -0.2) is 26.0 Å². The summed E-state index contributed by atoms with van der Waals surface area (Å²) in [5, 5.41) is 21.4. The van der Waals surface area contributed by atoms with E-state index in [9.17, 15) is 14.9 Å². The number of H-pyrrole nitrogens is 2. The topological polar surface area (TPSA) is 117 Å². The molecule has 3 heterocycles. The number of amides is 1. The van der Waals surface area contributed by atoms with Gasteiger partial charge < -0.3 is 10.3 Å². The zero-order valence-corrected chi connectivity index (χ0v) is 14.4. The second kappa shape index (κ2) is 6.12. The van der Waals surface area contributed by atoms with Gasteiger partial charge in [0.15, 0.2) is 5.82 Å². The van der Waals surface area contributed by atoms with E-state index in [1.807, 2.05) is 19.1 Å². The van der Waals surface area contributed by atoms with Crippen LogP contribution in [0.15, 0.2) is 42.5 Å². The number of aromatic nitrogens is 3. The van der Waals surface area contributed by atoms with Crippen molar-refractivity contribution in [3.05, 3.63) is 63.1 Å². The number of nitrogens with one attached hydrogen (secondary N) is 3. The Morgan fingerprint density at radius 2 is 2.12 bits per heavy atom. The first-order valence-corrected chi connectivity index (χ1v) is 8.52. The number of hydrogen-bond acceptors (Lipinski definition) is 5. The second-order valence-corrected chi connectivity index (χ2v) is 7.00. The minimum Gasteiger partial charge on any atom is -0.345 e. The van der Waals surface area contributed by atoms with Crippen molar-refractivity contribution in [2.24, 2.45) is 0 Å². The predicted molar refractivity (Wildman–Crippen MR) is 99.5 cm³/mol. The Labute approximate surface area is 151 Å². The Bertz CT molecular complexity index is 1140. The molecule has 0 bridgehead atoms. The molecule has 26 heavy (non-hydrogen) atoms. The molecule has 3 N–H and O–H groups in total. The number of nitro groups is 1. The molecule has 4 rings (SSSR count). The first-order chi connectivity index (χ1) is 12.5. The molecule has 1 amide bonds. The lowest BCUT2D eigenvalue weighted by Crippen LogP contribution is -2.12. The highest BCUT2D eigenvalue weighted by Gasteiger charge is 2.17. The molecule has 0 saturated carbocycles. The lowest BCUT2D eigenvalue weighted by Gasteiger charge is -1.98. The molecular formula is C17H13N5O3S. The summed E-state index contributed by atoms with van der Waals surface area (Å²) in [6, 6.07) is 12.0. The number of nitrogens with zero attached hydrogens (tertiary/aromatic N) is 2. The number of non-ortho nitro benzene ring substituents is 1. The molecule has 130 valence electrons. The third-order valence-corrected chi connectivity index (χ3v) is 4.93. The van der Waals surface area contributed by atoms with E-state index in [1.165, 1.54) is 10.9 Å². The number of carbonyl (C=O) groups is 1. The van der Waals surface area contributed by atoms with Crippen LogP contribution in [-0.2, 0) is 0 Å². The van der Waals surface area contributed by atoms with Gasteiger partial charge in [-0.15, -0.1) is 11.3 Å². The van der Waals surface area contributed by atoms with Gasteiger partial charge in [-0.2, -0.15) is 5.10 Å². The van der Waals surface area contributed by atoms with Crippen molar-refractivity contribution in [1.29, 1.82) is 0 Å². The molecule has 9 heteroatoms. The third kappa shape index (κ3) is 2.84. The van der Waals surface area contributed by atoms with E-state index in [1.54, 1.807) is 35.6 Å². The number of fused-ring (bicyclic) bond motifs is 1. The number of nitro benzene ring substituents is 1. The Hall–Kier alpha value is -3.46. The Balaban J connectivity index is 1.59. The van der Waals surface area contributed by atoms with Crippen molar-refractivity contribution in [3.63, 3.8) is 0 Å². The normalized spacial score (nSPS) is 11.0. The van der Waals surface area contributed by atoms with E-state index in [0.29, 0.717) is 16.7 Å². The van der Waals surface area contributed by atoms with Crippen molar-refractivity contribution in [2.45, 2.75) is 6.92 Å². The molecule has 0 spiro atoms. The van der Waals surface area contributed by atoms with Crippen molar-refractivity contribution in [2.75, 3.05) is 5.32 Å². The van der Waals surface area contributed by atoms with Crippen LogP contribution in [0.3, 0.4) is 0 Å². The second-order valence-electron chi connectivity index (χ2n) is 5.71. The maximum Gasteiger partial charge on any atom is 0.293 e. The van der Waals surface area contributed by atoms with Crippen LogP contribution in [0.25, 0.3) is 21.5 Å². The van der Waals surface area contributed by atoms with Crippen LogP contribution in [0.5, 0.6) is 0 Å². The molecular weight excluding hydrogens is 354 g/mol. The average Bonchev–Trinajstić information content (AvgIpc) is 3.32. The molecule has 0 unspecified atom stereocenters. The molecule has 0 radical (unpaired) electrons. The predicted octanol–water partition coefficient (Wildman–Crippen LogP) is 4.09. The summed E-state index contributed by atoms with van der Waals surface area (Å²) in [5.74, 6) is -0.0416. The molecule has 3 aromatic heterocycles. The number of hydrogen-bond donors (Lipinski definition) is 3. The monoisotopic (exact) mass is 367 g/mol. The third-order valence-electron chi connectivity index (χ3n) is 3.90. The van der Waals surface area contributed by atoms with Crippen LogP contribution >= 0.6 is 11.3 Å². The highest BCUT2D eigenvalue weighted by molar-refractivity contribution is 7.15. The van der Waals surface area contributed by atoms with E-state index in [0.717, 1.165) is 10.6 Å². The number of aryl methyl sites for hydroxylation is 1. The molecule has 0 aliphatic heterocycles. The maximum atomic E-state index is 12.5. The number of rotatable bonds is 4. The van der Waals surface area contributed by atoms with Crippen LogP contribution in [0.1, 0.15) is 15.4 Å². The van der Waals surface area contributed by atoms with Gasteiger partial charge in [-0.05, 0) is 25.1 Å². The molecule has 0 fully saturated rings. The van der Waals surface area contributed by atoms with Gasteiger partial charge in [0.2, 0.25) is 0 Å². The number of anilines is 1. The van der Waals surface area contributed by atoms with Crippen LogP contribution in [0.4, 0.5) is 11.5 Å². The van der Waals surface area contributed by atoms with Gasteiger partial charge in [0.05, 0.1) is 15.5 Å². The Morgan fingerprint density at radius 1 is 1.27 bits per heavy atom. The minimum absolute atomic E-state index is 0.0725. The number of para-hydroxylation sites is 1. The molecule has 0 atom stereocenters. The van der Waals surface area contributed by atoms with E-state index >= 15 is 0 Å². The highest BCUT2D eigenvalue weighted by Crippen LogP contribution is 2.28. The number of carbonyl (C=O) groups excluding carboxylic acids is 1. The fourth-order valence-electron chi connectivity index (χ4n) is 2.69. The molecule has 0 saturated heterocycles. The molecule has 1 aromatic carbocycles. The quantitative estimate of drug-likeness (QED) is 0.372. The summed E-state index contributed by atoms with van der Waals surface area (Å²) in [7, 11) is 0. The van der Waals surface area contributed by atoms with E-state index in [-0.39, 0.29) is 11.4 Å². The van der Waals surface area contributed by atoms with E-state index < -0.39 is 10.8 Å². The zero-order valence-electron chi connectivity index (χ0n) is 13.6. The minimum atomic E-state index is -0.483. The van der Waals surface area contributed by atoms with Crippen molar-refractivity contribution >= 4 is 39.7 Å². The van der Waals surface area contributed by atoms with Gasteiger partial charge in [0.25, 0.3) is 11.6 Å². The summed E-state index contributed by atoms with van der Waals surface area (Å²) in [6.45, 7) is 2.02. The fraction of sp³-hybridized carbons (Fsp3) is 0.0588. The summed E-state index contributed by atoms with van der Waals surface area (Å²) in [4.78, 5) is 28.1. The number of thiophene rings is 1. The average molecular weight is 367 g/mol. The molecule has 4 aromatic rings. The van der Waals surface area contributed by atoms with Crippen molar-refractivity contribution in [3.8, 4) is 10.6 Å². The molecule has 0 aliphatic rings. The number of aromatic amines is 2. The van der Waals surface area contributed by atoms with E-state index in [2.05, 4.69) is 20.5 Å². The summed E-state index contributed by atoms with van der Waals surface area (Å²) in [6.07, 6.45) is 0. The van der Waals surface area contributed by atoms with Gasteiger partial charge in [0.1, 0.15) is 11.2 Å². The Morgan fingerprint density at radius 3 is 2.85 bits per heavy atom. The van der Waals surface area contributed by atoms with Gasteiger partial charge in [-0.1, -0.05) is 12.1 Å². The van der Waals surface area contributed by atoms with Gasteiger partial charge in [-0.3, -0.25) is 20.0 Å². The first-order valence-electron chi connectivity index (χ1n) is 7.71. The van der Waals surface area contributed by atoms with Crippen molar-refractivity contribution in [1.82, 2.24) is 15.2 Å². The lowest BCUT2D eigenvalue weighted by molar-refractivity contribution is -0.383. The van der Waals surface area contributed by atoms with Gasteiger partial charge >= 0.3 is 0 Å². The standard InChI is InChI=1S/C17H13N5O3S/c1-9-5-6-14(26-9)11-8-15(21-20-11)19-17(23)12-7-10-3-2-4-13(22(24)25)16(10)18-12/h2-8,18H,1H3,(H2,19,20,21,23). The van der Waals surface area contributed by atoms with Crippen molar-refractivity contribution < 1.29 is 9.72 Å². The summed E-state index contributed by atoms with van der Waals surface area (Å²) >= 11 is 1.62. The van der Waals surface area contributed by atoms with E-state index in [4.69, 9.17) is 0 Å². The van der Waals surface area contributed by atoms with Crippen LogP contribution in [0, 0.1) is 17.0 Å².